The number of benzene rings is 1. The number of nitrogens with one attached hydrogen (secondary N) is 1. The summed E-state index contributed by atoms with van der Waals surface area (Å²) in [5, 5.41) is 4.32. The summed E-state index contributed by atoms with van der Waals surface area (Å²) >= 11 is 1.67. The van der Waals surface area contributed by atoms with E-state index in [-0.39, 0.29) is 5.82 Å². The van der Waals surface area contributed by atoms with Gasteiger partial charge in [-0.1, -0.05) is 18.3 Å². The van der Waals surface area contributed by atoms with Crippen LogP contribution in [0.4, 0.5) is 15.2 Å². The minimum atomic E-state index is -0.217. The molecule has 0 saturated carbocycles. The van der Waals surface area contributed by atoms with Crippen LogP contribution in [0.15, 0.2) is 30.5 Å². The number of anilines is 2. The van der Waals surface area contributed by atoms with Crippen LogP contribution in [0, 0.1) is 5.82 Å². The quantitative estimate of drug-likeness (QED) is 0.868. The van der Waals surface area contributed by atoms with E-state index in [9.17, 15) is 4.39 Å². The Hall–Kier alpha value is -1.46. The lowest BCUT2D eigenvalue weighted by molar-refractivity contribution is 0.606. The summed E-state index contributed by atoms with van der Waals surface area (Å²) in [7, 11) is 0. The van der Waals surface area contributed by atoms with Crippen molar-refractivity contribution in [1.82, 2.24) is 10.3 Å². The van der Waals surface area contributed by atoms with E-state index < -0.39 is 0 Å². The first-order valence-electron chi connectivity index (χ1n) is 6.87. The molecule has 1 N–H and O–H groups in total. The molecular weight excluding hydrogens is 273 g/mol. The molecule has 0 aliphatic heterocycles. The summed E-state index contributed by atoms with van der Waals surface area (Å²) in [4.78, 5) is 7.80. The molecular formula is C15H20FN3S. The Morgan fingerprint density at radius 3 is 2.60 bits per heavy atom. The summed E-state index contributed by atoms with van der Waals surface area (Å²) in [6, 6.07) is 6.83. The Labute approximate surface area is 123 Å². The van der Waals surface area contributed by atoms with E-state index in [1.807, 2.05) is 6.20 Å². The van der Waals surface area contributed by atoms with Gasteiger partial charge in [0.05, 0.1) is 0 Å². The molecule has 0 aliphatic carbocycles. The molecule has 2 aromatic rings. The van der Waals surface area contributed by atoms with Crippen LogP contribution < -0.4 is 10.2 Å². The lowest BCUT2D eigenvalue weighted by Crippen LogP contribution is -2.16. The molecule has 0 saturated heterocycles. The zero-order chi connectivity index (χ0) is 14.5. The first kappa shape index (κ1) is 14.9. The third kappa shape index (κ3) is 3.35. The van der Waals surface area contributed by atoms with E-state index in [4.69, 9.17) is 0 Å². The van der Waals surface area contributed by atoms with E-state index in [2.05, 4.69) is 36.0 Å². The highest BCUT2D eigenvalue weighted by Gasteiger charge is 2.14. The van der Waals surface area contributed by atoms with Gasteiger partial charge in [0.15, 0.2) is 5.13 Å². The van der Waals surface area contributed by atoms with Crippen LogP contribution in [0.25, 0.3) is 0 Å². The minimum absolute atomic E-state index is 0.217. The number of hydrogen-bond acceptors (Lipinski definition) is 4. The van der Waals surface area contributed by atoms with E-state index in [1.165, 1.54) is 17.0 Å². The van der Waals surface area contributed by atoms with Crippen molar-refractivity contribution in [2.45, 2.75) is 26.8 Å². The Bertz CT molecular complexity index is 538. The topological polar surface area (TPSA) is 28.2 Å². The van der Waals surface area contributed by atoms with Crippen molar-refractivity contribution in [3.63, 3.8) is 0 Å². The van der Waals surface area contributed by atoms with Gasteiger partial charge in [-0.25, -0.2) is 9.37 Å². The Morgan fingerprint density at radius 2 is 2.00 bits per heavy atom. The SMILES string of the molecule is CCNC(C)c1cnc(N(CC)c2ccc(F)cc2)s1. The van der Waals surface area contributed by atoms with Crippen LogP contribution in [0.3, 0.4) is 0 Å². The molecule has 0 bridgehead atoms. The molecule has 1 unspecified atom stereocenters. The van der Waals surface area contributed by atoms with Crippen molar-refractivity contribution in [3.8, 4) is 0 Å². The predicted molar refractivity (Wildman–Crippen MR) is 83.3 cm³/mol. The third-order valence-electron chi connectivity index (χ3n) is 3.13. The number of rotatable bonds is 6. The first-order valence-corrected chi connectivity index (χ1v) is 7.69. The highest BCUT2D eigenvalue weighted by atomic mass is 32.1. The van der Waals surface area contributed by atoms with E-state index in [0.717, 1.165) is 23.9 Å². The molecule has 3 nitrogen and oxygen atoms in total. The fourth-order valence-corrected chi connectivity index (χ4v) is 3.08. The number of hydrogen-bond donors (Lipinski definition) is 1. The van der Waals surface area contributed by atoms with Gasteiger partial charge >= 0.3 is 0 Å². The van der Waals surface area contributed by atoms with Crippen molar-refractivity contribution in [2.24, 2.45) is 0 Å². The van der Waals surface area contributed by atoms with Gasteiger partial charge in [0.25, 0.3) is 0 Å². The van der Waals surface area contributed by atoms with Crippen LogP contribution in [0.5, 0.6) is 0 Å². The second kappa shape index (κ2) is 6.81. The molecule has 1 atom stereocenters. The highest BCUT2D eigenvalue weighted by molar-refractivity contribution is 7.15. The molecule has 0 radical (unpaired) electrons. The molecule has 0 amide bonds. The second-order valence-electron chi connectivity index (χ2n) is 4.55. The smallest absolute Gasteiger partial charge is 0.190 e. The van der Waals surface area contributed by atoms with E-state index in [1.54, 1.807) is 23.5 Å². The standard InChI is InChI=1S/C15H20FN3S/c1-4-17-11(3)14-10-18-15(20-14)19(5-2)13-8-6-12(16)7-9-13/h6-11,17H,4-5H2,1-3H3. The monoisotopic (exact) mass is 293 g/mol. The molecule has 1 aromatic heterocycles. The zero-order valence-electron chi connectivity index (χ0n) is 12.1. The van der Waals surface area contributed by atoms with Gasteiger partial charge in [0.1, 0.15) is 5.82 Å². The molecule has 0 aliphatic rings. The van der Waals surface area contributed by atoms with Crippen LogP contribution in [-0.4, -0.2) is 18.1 Å². The van der Waals surface area contributed by atoms with Crippen molar-refractivity contribution in [2.75, 3.05) is 18.0 Å². The molecule has 1 aromatic carbocycles. The van der Waals surface area contributed by atoms with E-state index >= 15 is 0 Å². The molecule has 2 rings (SSSR count). The molecule has 5 heteroatoms. The Morgan fingerprint density at radius 1 is 1.30 bits per heavy atom. The molecule has 1 heterocycles. The van der Waals surface area contributed by atoms with Crippen molar-refractivity contribution in [1.29, 1.82) is 0 Å². The Kier molecular flexibility index (Phi) is 5.09. The van der Waals surface area contributed by atoms with Crippen molar-refractivity contribution in [3.05, 3.63) is 41.2 Å². The maximum absolute atomic E-state index is 13.0. The second-order valence-corrected chi connectivity index (χ2v) is 5.59. The molecule has 20 heavy (non-hydrogen) atoms. The summed E-state index contributed by atoms with van der Waals surface area (Å²) in [6.45, 7) is 8.03. The Balaban J connectivity index is 2.22. The fourth-order valence-electron chi connectivity index (χ4n) is 2.06. The van der Waals surface area contributed by atoms with Crippen molar-refractivity contribution < 1.29 is 4.39 Å². The van der Waals surface area contributed by atoms with Crippen LogP contribution in [0.1, 0.15) is 31.7 Å². The van der Waals surface area contributed by atoms with Crippen molar-refractivity contribution >= 4 is 22.2 Å². The van der Waals surface area contributed by atoms with Gasteiger partial charge < -0.3 is 10.2 Å². The fraction of sp³-hybridized carbons (Fsp3) is 0.400. The van der Waals surface area contributed by atoms with Crippen LogP contribution in [0.2, 0.25) is 0 Å². The normalized spacial score (nSPS) is 12.4. The first-order chi connectivity index (χ1) is 9.65. The molecule has 0 fully saturated rings. The minimum Gasteiger partial charge on any atom is -0.318 e. The third-order valence-corrected chi connectivity index (χ3v) is 4.34. The summed E-state index contributed by atoms with van der Waals surface area (Å²) in [5.41, 5.74) is 0.964. The summed E-state index contributed by atoms with van der Waals surface area (Å²) in [5.74, 6) is -0.217. The lowest BCUT2D eigenvalue weighted by Gasteiger charge is -2.19. The summed E-state index contributed by atoms with van der Waals surface area (Å²) < 4.78 is 13.0. The number of aromatic nitrogens is 1. The van der Waals surface area contributed by atoms with Crippen LogP contribution >= 0.6 is 11.3 Å². The summed E-state index contributed by atoms with van der Waals surface area (Å²) in [6.07, 6.45) is 1.92. The molecule has 0 spiro atoms. The zero-order valence-corrected chi connectivity index (χ0v) is 12.9. The number of nitrogens with zero attached hydrogens (tertiary/aromatic N) is 2. The average molecular weight is 293 g/mol. The number of thiazole rings is 1. The highest BCUT2D eigenvalue weighted by Crippen LogP contribution is 2.31. The predicted octanol–water partition coefficient (Wildman–Crippen LogP) is 4.11. The van der Waals surface area contributed by atoms with Gasteiger partial charge in [-0.15, -0.1) is 0 Å². The van der Waals surface area contributed by atoms with Gasteiger partial charge in [-0.05, 0) is 44.7 Å². The maximum Gasteiger partial charge on any atom is 0.190 e. The number of halogens is 1. The van der Waals surface area contributed by atoms with Gasteiger partial charge in [-0.3, -0.25) is 0 Å². The largest absolute Gasteiger partial charge is 0.318 e. The van der Waals surface area contributed by atoms with Gasteiger partial charge in [-0.2, -0.15) is 0 Å². The molecule has 108 valence electrons. The van der Waals surface area contributed by atoms with Crippen LogP contribution in [-0.2, 0) is 0 Å². The van der Waals surface area contributed by atoms with Gasteiger partial charge in [0.2, 0.25) is 0 Å². The average Bonchev–Trinajstić information content (AvgIpc) is 2.92. The van der Waals surface area contributed by atoms with E-state index in [0.29, 0.717) is 6.04 Å². The maximum atomic E-state index is 13.0. The van der Waals surface area contributed by atoms with Gasteiger partial charge in [0, 0.05) is 29.3 Å². The lowest BCUT2D eigenvalue weighted by atomic mass is 10.3.